The van der Waals surface area contributed by atoms with Gasteiger partial charge in [-0.05, 0) is 71.1 Å². The Hall–Kier alpha value is -7.02. The molecule has 6 aromatic rings. The van der Waals surface area contributed by atoms with Crippen LogP contribution in [0.2, 0.25) is 0 Å². The number of primary amides is 2. The lowest BCUT2D eigenvalue weighted by Crippen LogP contribution is -2.20. The SMILES string of the molecule is CCn1nc(C)cc1C(=O)Nc1nc2cc(C(N)=O)cc(OC)c2n1C/C=C/Cn1c(NC(=O)c2cc(C)on2)nc2cc(C(N)=O)cc(OCCCNC)c21. The van der Waals surface area contributed by atoms with Gasteiger partial charge in [-0.25, -0.2) is 9.97 Å². The third-order valence-electron chi connectivity index (χ3n) is 8.72. The molecule has 0 bridgehead atoms. The van der Waals surface area contributed by atoms with Crippen LogP contribution in [0.1, 0.15) is 66.5 Å². The maximum atomic E-state index is 13.6. The highest BCUT2D eigenvalue weighted by atomic mass is 16.5. The van der Waals surface area contributed by atoms with E-state index in [9.17, 15) is 19.2 Å². The van der Waals surface area contributed by atoms with Crippen molar-refractivity contribution in [2.24, 2.45) is 11.5 Å². The summed E-state index contributed by atoms with van der Waals surface area (Å²) < 4.78 is 21.9. The maximum Gasteiger partial charge on any atom is 0.280 e. The Morgan fingerprint density at radius 1 is 0.839 bits per heavy atom. The molecule has 6 rings (SSSR count). The summed E-state index contributed by atoms with van der Waals surface area (Å²) in [6, 6.07) is 9.28. The van der Waals surface area contributed by atoms with Crippen LogP contribution in [0.25, 0.3) is 22.1 Å². The molecule has 0 aliphatic rings. The fourth-order valence-corrected chi connectivity index (χ4v) is 6.12. The largest absolute Gasteiger partial charge is 0.494 e. The molecule has 292 valence electrons. The summed E-state index contributed by atoms with van der Waals surface area (Å²) in [5, 5.41) is 17.0. The van der Waals surface area contributed by atoms with E-state index in [1.807, 2.05) is 26.1 Å². The van der Waals surface area contributed by atoms with E-state index < -0.39 is 23.6 Å². The number of fused-ring (bicyclic) bond motifs is 2. The van der Waals surface area contributed by atoms with Crippen molar-refractivity contribution in [3.63, 3.8) is 0 Å². The smallest absolute Gasteiger partial charge is 0.280 e. The van der Waals surface area contributed by atoms with Crippen molar-refractivity contribution >= 4 is 57.6 Å². The highest BCUT2D eigenvalue weighted by Crippen LogP contribution is 2.33. The van der Waals surface area contributed by atoms with Crippen molar-refractivity contribution in [1.82, 2.24) is 39.4 Å². The second-order valence-corrected chi connectivity index (χ2v) is 12.7. The molecule has 2 aromatic carbocycles. The summed E-state index contributed by atoms with van der Waals surface area (Å²) in [6.07, 6.45) is 4.31. The van der Waals surface area contributed by atoms with E-state index in [0.29, 0.717) is 76.8 Å². The molecular formula is C37H42N12O7. The van der Waals surface area contributed by atoms with Crippen molar-refractivity contribution < 1.29 is 33.2 Å². The number of imidazole rings is 2. The first-order valence-corrected chi connectivity index (χ1v) is 17.7. The summed E-state index contributed by atoms with van der Waals surface area (Å²) in [5.41, 5.74) is 14.4. The van der Waals surface area contributed by atoms with Crippen LogP contribution in [0, 0.1) is 13.8 Å². The number of benzene rings is 2. The van der Waals surface area contributed by atoms with Gasteiger partial charge in [0.1, 0.15) is 34.0 Å². The second kappa shape index (κ2) is 16.6. The number of anilines is 2. The average molecular weight is 767 g/mol. The molecule has 7 N–H and O–H groups in total. The number of carbonyl (C=O) groups is 4. The molecule has 0 fully saturated rings. The lowest BCUT2D eigenvalue weighted by atomic mass is 10.1. The molecule has 0 spiro atoms. The first-order valence-electron chi connectivity index (χ1n) is 17.7. The number of allylic oxidation sites excluding steroid dienone is 2. The van der Waals surface area contributed by atoms with Gasteiger partial charge in [0.15, 0.2) is 5.69 Å². The average Bonchev–Trinajstić information content (AvgIpc) is 3.95. The molecule has 4 amide bonds. The number of hydrogen-bond acceptors (Lipinski definition) is 12. The molecule has 0 unspecified atom stereocenters. The van der Waals surface area contributed by atoms with Crippen molar-refractivity contribution in [2.75, 3.05) is 37.9 Å². The quantitative estimate of drug-likeness (QED) is 0.0663. The highest BCUT2D eigenvalue weighted by molar-refractivity contribution is 6.05. The van der Waals surface area contributed by atoms with Crippen LogP contribution in [-0.2, 0) is 19.6 Å². The van der Waals surface area contributed by atoms with Crippen molar-refractivity contribution in [3.8, 4) is 11.5 Å². The van der Waals surface area contributed by atoms with Crippen molar-refractivity contribution in [2.45, 2.75) is 46.8 Å². The molecule has 0 aliphatic heterocycles. The van der Waals surface area contributed by atoms with Crippen LogP contribution in [0.15, 0.2) is 53.1 Å². The Morgan fingerprint density at radius 3 is 1.96 bits per heavy atom. The zero-order chi connectivity index (χ0) is 40.1. The standard InChI is InChI=1S/C37H42N12O7/c1-6-49-27(14-20(2)45-49)35(53)44-37-41-24-16-22(32(38)50)18-28(54-5)30(24)47(37)11-7-8-12-48-31-25(42-36(48)43-34(52)26-15-21(3)56-46-26)17-23(33(39)51)19-29(31)55-13-9-10-40-4/h7-8,14-19,40H,6,9-13H2,1-5H3,(H2,38,50)(H2,39,51)(H,41,44,53)(H,42,43,52)/b8-7+. The molecule has 4 heterocycles. The van der Waals surface area contributed by atoms with E-state index >= 15 is 0 Å². The van der Waals surface area contributed by atoms with Gasteiger partial charge in [-0.2, -0.15) is 5.10 Å². The monoisotopic (exact) mass is 766 g/mol. The van der Waals surface area contributed by atoms with E-state index in [2.05, 4.69) is 36.2 Å². The van der Waals surface area contributed by atoms with Gasteiger partial charge in [0.2, 0.25) is 23.7 Å². The molecule has 56 heavy (non-hydrogen) atoms. The lowest BCUT2D eigenvalue weighted by molar-refractivity contribution is 0.0991. The van der Waals surface area contributed by atoms with E-state index in [-0.39, 0.29) is 41.8 Å². The van der Waals surface area contributed by atoms with E-state index in [1.165, 1.54) is 31.4 Å². The summed E-state index contributed by atoms with van der Waals surface area (Å²) in [6.45, 7) is 7.15. The number of carbonyl (C=O) groups excluding carboxylic acids is 4. The molecular weight excluding hydrogens is 724 g/mol. The van der Waals surface area contributed by atoms with Crippen molar-refractivity contribution in [3.05, 3.63) is 82.5 Å². The van der Waals surface area contributed by atoms with Gasteiger partial charge < -0.3 is 39.9 Å². The molecule has 19 heteroatoms. The fourth-order valence-electron chi connectivity index (χ4n) is 6.12. The third kappa shape index (κ3) is 8.06. The molecule has 0 aliphatic carbocycles. The zero-order valence-corrected chi connectivity index (χ0v) is 31.5. The number of amides is 4. The number of rotatable bonds is 17. The normalized spacial score (nSPS) is 11.4. The van der Waals surface area contributed by atoms with Gasteiger partial charge >= 0.3 is 0 Å². The summed E-state index contributed by atoms with van der Waals surface area (Å²) in [7, 11) is 3.29. The van der Waals surface area contributed by atoms with Crippen LogP contribution in [0.5, 0.6) is 11.5 Å². The number of nitrogens with one attached hydrogen (secondary N) is 3. The molecule has 0 radical (unpaired) electrons. The number of ether oxygens (including phenoxy) is 2. The summed E-state index contributed by atoms with van der Waals surface area (Å²) in [4.78, 5) is 60.6. The highest BCUT2D eigenvalue weighted by Gasteiger charge is 2.23. The maximum absolute atomic E-state index is 13.6. The fraction of sp³-hybridized carbons (Fsp3) is 0.297. The minimum absolute atomic E-state index is 0.0464. The van der Waals surface area contributed by atoms with Crippen LogP contribution < -0.4 is 36.9 Å². The Morgan fingerprint density at radius 2 is 1.43 bits per heavy atom. The van der Waals surface area contributed by atoms with Gasteiger partial charge in [0.05, 0.1) is 30.4 Å². The first-order chi connectivity index (χ1) is 26.9. The van der Waals surface area contributed by atoms with Crippen molar-refractivity contribution in [1.29, 1.82) is 0 Å². The van der Waals surface area contributed by atoms with E-state index in [0.717, 1.165) is 0 Å². The Labute approximate surface area is 320 Å². The first kappa shape index (κ1) is 38.7. The number of nitrogens with zero attached hydrogens (tertiary/aromatic N) is 7. The second-order valence-electron chi connectivity index (χ2n) is 12.7. The molecule has 0 atom stereocenters. The van der Waals surface area contributed by atoms with E-state index in [4.69, 9.17) is 25.5 Å². The van der Waals surface area contributed by atoms with Crippen LogP contribution in [0.4, 0.5) is 11.9 Å². The Bertz CT molecular complexity index is 2490. The Balaban J connectivity index is 1.40. The van der Waals surface area contributed by atoms with Gasteiger partial charge in [0, 0.05) is 36.8 Å². The minimum Gasteiger partial charge on any atom is -0.494 e. The zero-order valence-electron chi connectivity index (χ0n) is 31.5. The number of methoxy groups -OCH3 is 1. The number of aryl methyl sites for hydroxylation is 3. The van der Waals surface area contributed by atoms with E-state index in [1.54, 1.807) is 39.8 Å². The number of aromatic nitrogens is 7. The van der Waals surface area contributed by atoms with Crippen LogP contribution >= 0.6 is 0 Å². The minimum atomic E-state index is -0.673. The molecule has 0 saturated carbocycles. The number of nitrogens with two attached hydrogens (primary N) is 2. The molecule has 4 aromatic heterocycles. The number of hydrogen-bond donors (Lipinski definition) is 5. The Kier molecular flexibility index (Phi) is 11.4. The van der Waals surface area contributed by atoms with Gasteiger partial charge in [0.25, 0.3) is 11.8 Å². The third-order valence-corrected chi connectivity index (χ3v) is 8.72. The summed E-state index contributed by atoms with van der Waals surface area (Å²) in [5.74, 6) is -0.931. The summed E-state index contributed by atoms with van der Waals surface area (Å²) >= 11 is 0. The van der Waals surface area contributed by atoms with Gasteiger partial charge in [-0.3, -0.25) is 34.5 Å². The van der Waals surface area contributed by atoms with Gasteiger partial charge in [-0.1, -0.05) is 17.3 Å². The van der Waals surface area contributed by atoms with Crippen LogP contribution in [0.3, 0.4) is 0 Å². The predicted octanol–water partition coefficient (Wildman–Crippen LogP) is 3.16. The van der Waals surface area contributed by atoms with Crippen LogP contribution in [-0.4, -0.2) is 85.0 Å². The molecule has 0 saturated heterocycles. The lowest BCUT2D eigenvalue weighted by Gasteiger charge is -2.13. The topological polar surface area (TPSA) is 254 Å². The molecule has 19 nitrogen and oxygen atoms in total. The predicted molar refractivity (Wildman–Crippen MR) is 206 cm³/mol. The van der Waals surface area contributed by atoms with Gasteiger partial charge in [-0.15, -0.1) is 0 Å².